The zero-order chi connectivity index (χ0) is 12.1. The minimum atomic E-state index is 0.837. The molecule has 0 aliphatic heterocycles. The first-order valence-electron chi connectivity index (χ1n) is 6.83. The van der Waals surface area contributed by atoms with Crippen molar-refractivity contribution < 1.29 is 0 Å². The molecule has 0 radical (unpaired) electrons. The van der Waals surface area contributed by atoms with Crippen molar-refractivity contribution >= 4 is 0 Å². The second-order valence-corrected chi connectivity index (χ2v) is 5.19. The van der Waals surface area contributed by atoms with E-state index in [9.17, 15) is 0 Å². The SMILES string of the molecule is Cc1nnc(CNCCC2CCCCC2)n1C. The van der Waals surface area contributed by atoms with Gasteiger partial charge in [0.05, 0.1) is 6.54 Å². The van der Waals surface area contributed by atoms with Crippen molar-refractivity contribution in [1.29, 1.82) is 0 Å². The zero-order valence-electron chi connectivity index (χ0n) is 11.1. The predicted molar refractivity (Wildman–Crippen MR) is 68.6 cm³/mol. The summed E-state index contributed by atoms with van der Waals surface area (Å²) in [5, 5.41) is 11.7. The van der Waals surface area contributed by atoms with Gasteiger partial charge in [-0.1, -0.05) is 32.1 Å². The third kappa shape index (κ3) is 3.53. The molecule has 0 atom stereocenters. The van der Waals surface area contributed by atoms with Gasteiger partial charge in [0.2, 0.25) is 0 Å². The van der Waals surface area contributed by atoms with Crippen molar-refractivity contribution in [3.8, 4) is 0 Å². The summed E-state index contributed by atoms with van der Waals surface area (Å²) in [4.78, 5) is 0. The molecule has 1 N–H and O–H groups in total. The molecule has 1 aromatic heterocycles. The van der Waals surface area contributed by atoms with Gasteiger partial charge in [-0.15, -0.1) is 10.2 Å². The molecule has 0 saturated heterocycles. The van der Waals surface area contributed by atoms with Crippen LogP contribution in [0.3, 0.4) is 0 Å². The third-order valence-corrected chi connectivity index (χ3v) is 3.92. The third-order valence-electron chi connectivity index (χ3n) is 3.92. The Morgan fingerprint density at radius 2 is 2.00 bits per heavy atom. The lowest BCUT2D eigenvalue weighted by Crippen LogP contribution is -2.20. The molecular formula is C13H24N4. The average molecular weight is 236 g/mol. The van der Waals surface area contributed by atoms with E-state index in [0.717, 1.165) is 30.7 Å². The molecule has 1 fully saturated rings. The molecule has 0 amide bonds. The van der Waals surface area contributed by atoms with Crippen LogP contribution < -0.4 is 5.32 Å². The van der Waals surface area contributed by atoms with Crippen molar-refractivity contribution in [3.63, 3.8) is 0 Å². The normalized spacial score (nSPS) is 17.5. The van der Waals surface area contributed by atoms with Crippen molar-refractivity contribution in [3.05, 3.63) is 11.6 Å². The lowest BCUT2D eigenvalue weighted by atomic mass is 9.87. The first kappa shape index (κ1) is 12.6. The van der Waals surface area contributed by atoms with Crippen LogP contribution in [0.2, 0.25) is 0 Å². The van der Waals surface area contributed by atoms with E-state index in [-0.39, 0.29) is 0 Å². The maximum absolute atomic E-state index is 4.15. The predicted octanol–water partition coefficient (Wildman–Crippen LogP) is 2.18. The zero-order valence-corrected chi connectivity index (χ0v) is 11.1. The molecule has 96 valence electrons. The Labute approximate surface area is 104 Å². The minimum absolute atomic E-state index is 0.837. The highest BCUT2D eigenvalue weighted by Gasteiger charge is 2.12. The summed E-state index contributed by atoms with van der Waals surface area (Å²) in [6.07, 6.45) is 8.51. The Balaban J connectivity index is 1.64. The van der Waals surface area contributed by atoms with E-state index in [1.165, 1.54) is 38.5 Å². The topological polar surface area (TPSA) is 42.7 Å². The minimum Gasteiger partial charge on any atom is -0.317 e. The van der Waals surface area contributed by atoms with Gasteiger partial charge in [-0.05, 0) is 25.8 Å². The van der Waals surface area contributed by atoms with Crippen LogP contribution in [-0.2, 0) is 13.6 Å². The van der Waals surface area contributed by atoms with Crippen LogP contribution in [0.15, 0.2) is 0 Å². The average Bonchev–Trinajstić information content (AvgIpc) is 2.67. The summed E-state index contributed by atoms with van der Waals surface area (Å²) in [5.74, 6) is 2.97. The Kier molecular flexibility index (Phi) is 4.54. The molecule has 0 unspecified atom stereocenters. The Morgan fingerprint density at radius 3 is 2.65 bits per heavy atom. The van der Waals surface area contributed by atoms with Crippen LogP contribution in [0.1, 0.15) is 50.2 Å². The number of nitrogens with zero attached hydrogens (tertiary/aromatic N) is 3. The van der Waals surface area contributed by atoms with Gasteiger partial charge in [0.25, 0.3) is 0 Å². The van der Waals surface area contributed by atoms with E-state index >= 15 is 0 Å². The standard InChI is InChI=1S/C13H24N4/c1-11-15-16-13(17(11)2)10-14-9-8-12-6-4-3-5-7-12/h12,14H,3-10H2,1-2H3. The summed E-state index contributed by atoms with van der Waals surface area (Å²) in [6, 6.07) is 0. The Morgan fingerprint density at radius 1 is 1.24 bits per heavy atom. The van der Waals surface area contributed by atoms with E-state index in [1.807, 2.05) is 18.5 Å². The molecule has 1 heterocycles. The fourth-order valence-electron chi connectivity index (χ4n) is 2.59. The Hall–Kier alpha value is -0.900. The van der Waals surface area contributed by atoms with Gasteiger partial charge in [-0.25, -0.2) is 0 Å². The number of aryl methyl sites for hydroxylation is 1. The molecule has 1 aliphatic carbocycles. The molecular weight excluding hydrogens is 212 g/mol. The maximum atomic E-state index is 4.15. The fraction of sp³-hybridized carbons (Fsp3) is 0.846. The summed E-state index contributed by atoms with van der Waals surface area (Å²) in [6.45, 7) is 3.93. The first-order valence-corrected chi connectivity index (χ1v) is 6.83. The van der Waals surface area contributed by atoms with Crippen LogP contribution in [-0.4, -0.2) is 21.3 Å². The molecule has 4 nitrogen and oxygen atoms in total. The van der Waals surface area contributed by atoms with E-state index < -0.39 is 0 Å². The molecule has 17 heavy (non-hydrogen) atoms. The molecule has 0 aromatic carbocycles. The van der Waals surface area contributed by atoms with E-state index in [4.69, 9.17) is 0 Å². The van der Waals surface area contributed by atoms with Gasteiger partial charge in [-0.3, -0.25) is 0 Å². The second-order valence-electron chi connectivity index (χ2n) is 5.19. The van der Waals surface area contributed by atoms with E-state index in [0.29, 0.717) is 0 Å². The maximum Gasteiger partial charge on any atom is 0.146 e. The summed E-state index contributed by atoms with van der Waals surface area (Å²) in [7, 11) is 2.02. The van der Waals surface area contributed by atoms with Gasteiger partial charge in [0, 0.05) is 7.05 Å². The fourth-order valence-corrected chi connectivity index (χ4v) is 2.59. The Bertz CT molecular complexity index is 339. The molecule has 0 spiro atoms. The second kappa shape index (κ2) is 6.15. The van der Waals surface area contributed by atoms with Crippen molar-refractivity contribution in [2.75, 3.05) is 6.54 Å². The number of hydrogen-bond donors (Lipinski definition) is 1. The molecule has 2 rings (SSSR count). The summed E-state index contributed by atoms with van der Waals surface area (Å²) < 4.78 is 2.05. The number of aromatic nitrogens is 3. The number of nitrogens with one attached hydrogen (secondary N) is 1. The molecule has 0 bridgehead atoms. The first-order chi connectivity index (χ1) is 8.27. The van der Waals surface area contributed by atoms with Crippen molar-refractivity contribution in [2.45, 2.75) is 52.0 Å². The molecule has 1 aliphatic rings. The smallest absolute Gasteiger partial charge is 0.146 e. The van der Waals surface area contributed by atoms with Crippen molar-refractivity contribution in [2.24, 2.45) is 13.0 Å². The largest absolute Gasteiger partial charge is 0.317 e. The highest BCUT2D eigenvalue weighted by Crippen LogP contribution is 2.25. The number of hydrogen-bond acceptors (Lipinski definition) is 3. The van der Waals surface area contributed by atoms with Crippen molar-refractivity contribution in [1.82, 2.24) is 20.1 Å². The van der Waals surface area contributed by atoms with E-state index in [2.05, 4.69) is 15.5 Å². The van der Waals surface area contributed by atoms with E-state index in [1.54, 1.807) is 0 Å². The lowest BCUT2D eigenvalue weighted by molar-refractivity contribution is 0.333. The highest BCUT2D eigenvalue weighted by molar-refractivity contribution is 4.91. The lowest BCUT2D eigenvalue weighted by Gasteiger charge is -2.21. The monoisotopic (exact) mass is 236 g/mol. The van der Waals surface area contributed by atoms with Gasteiger partial charge < -0.3 is 9.88 Å². The van der Waals surface area contributed by atoms with Gasteiger partial charge in [-0.2, -0.15) is 0 Å². The van der Waals surface area contributed by atoms with Crippen LogP contribution in [0.5, 0.6) is 0 Å². The molecule has 1 aromatic rings. The summed E-state index contributed by atoms with van der Waals surface area (Å²) >= 11 is 0. The van der Waals surface area contributed by atoms with Gasteiger partial charge in [0.15, 0.2) is 0 Å². The van der Waals surface area contributed by atoms with Gasteiger partial charge >= 0.3 is 0 Å². The molecule has 1 saturated carbocycles. The van der Waals surface area contributed by atoms with Crippen LogP contribution in [0.4, 0.5) is 0 Å². The quantitative estimate of drug-likeness (QED) is 0.797. The number of rotatable bonds is 5. The van der Waals surface area contributed by atoms with Crippen LogP contribution in [0.25, 0.3) is 0 Å². The molecule has 4 heteroatoms. The highest BCUT2D eigenvalue weighted by atomic mass is 15.3. The van der Waals surface area contributed by atoms with Gasteiger partial charge in [0.1, 0.15) is 11.6 Å². The van der Waals surface area contributed by atoms with Crippen LogP contribution in [0, 0.1) is 12.8 Å². The van der Waals surface area contributed by atoms with Crippen LogP contribution >= 0.6 is 0 Å². The summed E-state index contributed by atoms with van der Waals surface area (Å²) in [5.41, 5.74) is 0.